The number of halogens is 1. The third-order valence-electron chi connectivity index (χ3n) is 7.74. The van der Waals surface area contributed by atoms with Gasteiger partial charge in [-0.2, -0.15) is 0 Å². The summed E-state index contributed by atoms with van der Waals surface area (Å²) in [5.41, 5.74) is 4.17. The van der Waals surface area contributed by atoms with Gasteiger partial charge in [0.2, 0.25) is 0 Å². The molecule has 204 valence electrons. The Morgan fingerprint density at radius 1 is 0.974 bits per heavy atom. The van der Waals surface area contributed by atoms with E-state index in [0.717, 1.165) is 36.9 Å². The van der Waals surface area contributed by atoms with Crippen LogP contribution in [0.3, 0.4) is 0 Å². The van der Waals surface area contributed by atoms with E-state index in [1.165, 1.54) is 14.0 Å². The lowest BCUT2D eigenvalue weighted by Gasteiger charge is -2.37. The molecule has 3 aliphatic rings. The predicted octanol–water partition coefficient (Wildman–Crippen LogP) is 6.12. The smallest absolute Gasteiger partial charge is 0.337 e. The highest BCUT2D eigenvalue weighted by Crippen LogP contribution is 2.47. The third-order valence-corrected chi connectivity index (χ3v) is 7.99. The topological polar surface area (TPSA) is 90.9 Å². The minimum atomic E-state index is -0.644. The molecular weight excluding hydrogens is 518 g/mol. The SMILES string of the molecule is COc1cc([C@@H]2C(C(=O)OC3CCCC3)=C(C)NC3=C2C(=O)C[C@H](c2ccc(Cl)cc2)C3)ccc1OC(C)=O. The van der Waals surface area contributed by atoms with Crippen molar-refractivity contribution in [2.24, 2.45) is 0 Å². The Hall–Kier alpha value is -3.58. The van der Waals surface area contributed by atoms with Gasteiger partial charge in [-0.15, -0.1) is 0 Å². The largest absolute Gasteiger partial charge is 0.493 e. The molecule has 8 heteroatoms. The van der Waals surface area contributed by atoms with Crippen LogP contribution in [0.15, 0.2) is 65.0 Å². The summed E-state index contributed by atoms with van der Waals surface area (Å²) in [6, 6.07) is 12.7. The van der Waals surface area contributed by atoms with Crippen molar-refractivity contribution < 1.29 is 28.6 Å². The number of benzene rings is 2. The molecule has 1 heterocycles. The van der Waals surface area contributed by atoms with E-state index < -0.39 is 17.9 Å². The second-order valence-electron chi connectivity index (χ2n) is 10.4. The second kappa shape index (κ2) is 11.3. The number of ketones is 1. The Morgan fingerprint density at radius 2 is 1.67 bits per heavy atom. The number of hydrogen-bond donors (Lipinski definition) is 1. The Balaban J connectivity index is 1.57. The van der Waals surface area contributed by atoms with E-state index in [1.54, 1.807) is 18.2 Å². The lowest BCUT2D eigenvalue weighted by molar-refractivity contribution is -0.144. The Kier molecular flexibility index (Phi) is 7.80. The van der Waals surface area contributed by atoms with Gasteiger partial charge in [0.1, 0.15) is 6.10 Å². The van der Waals surface area contributed by atoms with Crippen LogP contribution in [0, 0.1) is 0 Å². The zero-order chi connectivity index (χ0) is 27.7. The van der Waals surface area contributed by atoms with Crippen LogP contribution in [0.4, 0.5) is 0 Å². The molecule has 2 aromatic rings. The highest BCUT2D eigenvalue weighted by Gasteiger charge is 2.42. The Morgan fingerprint density at radius 3 is 2.33 bits per heavy atom. The molecule has 0 bridgehead atoms. The molecule has 39 heavy (non-hydrogen) atoms. The van der Waals surface area contributed by atoms with Gasteiger partial charge in [0.25, 0.3) is 0 Å². The summed E-state index contributed by atoms with van der Waals surface area (Å²) in [7, 11) is 1.48. The van der Waals surface area contributed by atoms with E-state index in [4.69, 9.17) is 25.8 Å². The molecule has 0 amide bonds. The van der Waals surface area contributed by atoms with Crippen LogP contribution in [-0.4, -0.2) is 30.9 Å². The number of dihydropyridines is 1. The van der Waals surface area contributed by atoms with Gasteiger partial charge >= 0.3 is 11.9 Å². The number of methoxy groups -OCH3 is 1. The van der Waals surface area contributed by atoms with Crippen molar-refractivity contribution in [2.45, 2.75) is 70.3 Å². The van der Waals surface area contributed by atoms with E-state index in [1.807, 2.05) is 31.2 Å². The van der Waals surface area contributed by atoms with Crippen LogP contribution in [0.5, 0.6) is 11.5 Å². The summed E-state index contributed by atoms with van der Waals surface area (Å²) in [5, 5.41) is 4.04. The number of Topliss-reactive ketones (excluding diaryl/α,β-unsaturated/α-hetero) is 1. The molecule has 0 spiro atoms. The van der Waals surface area contributed by atoms with Crippen molar-refractivity contribution in [2.75, 3.05) is 7.11 Å². The van der Waals surface area contributed by atoms with Gasteiger partial charge in [-0.1, -0.05) is 29.8 Å². The first-order chi connectivity index (χ1) is 18.7. The van der Waals surface area contributed by atoms with Gasteiger partial charge < -0.3 is 19.5 Å². The molecule has 7 nitrogen and oxygen atoms in total. The van der Waals surface area contributed by atoms with Crippen LogP contribution in [0.25, 0.3) is 0 Å². The Bertz CT molecular complexity index is 1370. The first kappa shape index (κ1) is 27.0. The Labute approximate surface area is 233 Å². The second-order valence-corrected chi connectivity index (χ2v) is 10.8. The third kappa shape index (κ3) is 5.59. The summed E-state index contributed by atoms with van der Waals surface area (Å²) < 4.78 is 16.8. The lowest BCUT2D eigenvalue weighted by Crippen LogP contribution is -2.36. The van der Waals surface area contributed by atoms with Gasteiger partial charge in [0, 0.05) is 41.3 Å². The summed E-state index contributed by atoms with van der Waals surface area (Å²) in [6.07, 6.45) is 4.56. The number of ether oxygens (including phenoxy) is 3. The van der Waals surface area contributed by atoms with Crippen molar-refractivity contribution in [3.8, 4) is 11.5 Å². The average Bonchev–Trinajstić information content (AvgIpc) is 3.41. The van der Waals surface area contributed by atoms with Crippen molar-refractivity contribution in [1.29, 1.82) is 0 Å². The minimum Gasteiger partial charge on any atom is -0.493 e. The highest BCUT2D eigenvalue weighted by molar-refractivity contribution is 6.30. The average molecular weight is 550 g/mol. The maximum Gasteiger partial charge on any atom is 0.337 e. The first-order valence-corrected chi connectivity index (χ1v) is 13.7. The molecule has 0 aromatic heterocycles. The van der Waals surface area contributed by atoms with Crippen molar-refractivity contribution in [3.05, 3.63) is 81.2 Å². The summed E-state index contributed by atoms with van der Waals surface area (Å²) in [4.78, 5) is 39.1. The molecule has 0 saturated heterocycles. The van der Waals surface area contributed by atoms with Gasteiger partial charge in [-0.05, 0) is 80.3 Å². The first-order valence-electron chi connectivity index (χ1n) is 13.3. The maximum absolute atomic E-state index is 13.8. The van der Waals surface area contributed by atoms with E-state index >= 15 is 0 Å². The van der Waals surface area contributed by atoms with E-state index in [9.17, 15) is 14.4 Å². The molecule has 2 aliphatic carbocycles. The fraction of sp³-hybridized carbons (Fsp3) is 0.387. The molecule has 0 radical (unpaired) electrons. The zero-order valence-corrected chi connectivity index (χ0v) is 23.1. The fourth-order valence-electron chi connectivity index (χ4n) is 5.94. The van der Waals surface area contributed by atoms with E-state index in [0.29, 0.717) is 46.0 Å². The molecule has 0 unspecified atom stereocenters. The quantitative estimate of drug-likeness (QED) is 0.343. The van der Waals surface area contributed by atoms with Gasteiger partial charge in [0.05, 0.1) is 12.7 Å². The lowest BCUT2D eigenvalue weighted by atomic mass is 9.71. The molecule has 1 N–H and O–H groups in total. The van der Waals surface area contributed by atoms with Gasteiger partial charge in [-0.25, -0.2) is 4.79 Å². The number of carbonyl (C=O) groups is 3. The summed E-state index contributed by atoms with van der Waals surface area (Å²) in [5.74, 6) is -0.969. The van der Waals surface area contributed by atoms with Crippen LogP contribution in [0.2, 0.25) is 5.02 Å². The molecule has 2 atom stereocenters. The predicted molar refractivity (Wildman–Crippen MR) is 147 cm³/mol. The van der Waals surface area contributed by atoms with Crippen molar-refractivity contribution in [1.82, 2.24) is 5.32 Å². The summed E-state index contributed by atoms with van der Waals surface area (Å²) in [6.45, 7) is 3.17. The molecule has 1 saturated carbocycles. The van der Waals surface area contributed by atoms with E-state index in [-0.39, 0.29) is 23.6 Å². The van der Waals surface area contributed by atoms with Gasteiger partial charge in [0.15, 0.2) is 17.3 Å². The number of allylic oxidation sites excluding steroid dienone is 3. The standard InChI is InChI=1S/C31H32ClNO6/c1-17-28(31(36)39-23-6-4-5-7-23)29(20-10-13-26(38-18(2)34)27(16-20)37-3)30-24(33-17)14-21(15-25(30)35)19-8-11-22(32)12-9-19/h8-13,16,21,23,29,33H,4-7,14-15H2,1-3H3/t21-,29-/m1/s1. The maximum atomic E-state index is 13.8. The van der Waals surface area contributed by atoms with Gasteiger partial charge in [-0.3, -0.25) is 9.59 Å². The normalized spacial score (nSPS) is 21.4. The van der Waals surface area contributed by atoms with Crippen LogP contribution in [0.1, 0.15) is 75.3 Å². The van der Waals surface area contributed by atoms with Crippen LogP contribution < -0.4 is 14.8 Å². The van der Waals surface area contributed by atoms with Crippen molar-refractivity contribution in [3.63, 3.8) is 0 Å². The van der Waals surface area contributed by atoms with Crippen LogP contribution in [-0.2, 0) is 19.1 Å². The number of hydrogen-bond acceptors (Lipinski definition) is 7. The minimum absolute atomic E-state index is 0.0117. The molecule has 1 fully saturated rings. The van der Waals surface area contributed by atoms with Crippen LogP contribution >= 0.6 is 11.6 Å². The molecule has 1 aliphatic heterocycles. The summed E-state index contributed by atoms with van der Waals surface area (Å²) >= 11 is 6.09. The number of carbonyl (C=O) groups excluding carboxylic acids is 3. The van der Waals surface area contributed by atoms with E-state index in [2.05, 4.69) is 5.32 Å². The molecule has 5 rings (SSSR count). The molecule has 2 aromatic carbocycles. The van der Waals surface area contributed by atoms with Crippen molar-refractivity contribution >= 4 is 29.3 Å². The number of nitrogens with one attached hydrogen (secondary N) is 1. The monoisotopic (exact) mass is 549 g/mol. The zero-order valence-electron chi connectivity index (χ0n) is 22.3. The number of rotatable bonds is 6. The molecular formula is C31H32ClNO6. The number of esters is 2. The highest BCUT2D eigenvalue weighted by atomic mass is 35.5. The fourth-order valence-corrected chi connectivity index (χ4v) is 6.06.